The summed E-state index contributed by atoms with van der Waals surface area (Å²) in [5.74, 6) is 1.24. The van der Waals surface area contributed by atoms with Crippen molar-refractivity contribution in [1.82, 2.24) is 15.1 Å². The molecular formula is C11H21N3O2. The number of aromatic nitrogens is 2. The molecule has 0 fully saturated rings. The fourth-order valence-corrected chi connectivity index (χ4v) is 1.13. The van der Waals surface area contributed by atoms with Gasteiger partial charge in [-0.1, -0.05) is 20.8 Å². The molecule has 1 heterocycles. The molecule has 0 aromatic carbocycles. The van der Waals surface area contributed by atoms with Crippen LogP contribution in [0.4, 0.5) is 0 Å². The molecule has 5 nitrogen and oxygen atoms in total. The van der Waals surface area contributed by atoms with E-state index >= 15 is 0 Å². The molecule has 1 rings (SSSR count). The lowest BCUT2D eigenvalue weighted by Gasteiger charge is -2.20. The number of hydrogen-bond donors (Lipinski definition) is 1. The van der Waals surface area contributed by atoms with Gasteiger partial charge in [-0.2, -0.15) is 0 Å². The lowest BCUT2D eigenvalue weighted by atomic mass is 9.97. The van der Waals surface area contributed by atoms with Crippen molar-refractivity contribution in [2.75, 3.05) is 13.7 Å². The van der Waals surface area contributed by atoms with Crippen molar-refractivity contribution in [2.45, 2.75) is 45.7 Å². The Balaban J connectivity index is 2.66. The zero-order chi connectivity index (χ0) is 12.3. The van der Waals surface area contributed by atoms with Gasteiger partial charge in [-0.05, 0) is 14.0 Å². The molecular weight excluding hydrogens is 206 g/mol. The first-order valence-electron chi connectivity index (χ1n) is 5.48. The van der Waals surface area contributed by atoms with Crippen molar-refractivity contribution in [3.63, 3.8) is 0 Å². The fourth-order valence-electron chi connectivity index (χ4n) is 1.13. The van der Waals surface area contributed by atoms with Crippen LogP contribution in [0.5, 0.6) is 0 Å². The molecule has 1 aromatic rings. The number of aliphatic hydroxyl groups is 1. The van der Waals surface area contributed by atoms with Gasteiger partial charge in [0.1, 0.15) is 0 Å². The first-order valence-corrected chi connectivity index (χ1v) is 5.48. The molecule has 0 aliphatic heterocycles. The third-order valence-corrected chi connectivity index (χ3v) is 2.51. The maximum Gasteiger partial charge on any atom is 0.230 e. The minimum atomic E-state index is -0.119. The molecule has 1 aromatic heterocycles. The quantitative estimate of drug-likeness (QED) is 0.837. The first kappa shape index (κ1) is 13.1. The molecule has 0 bridgehead atoms. The largest absolute Gasteiger partial charge is 0.423 e. The Morgan fingerprint density at radius 1 is 1.38 bits per heavy atom. The van der Waals surface area contributed by atoms with Crippen LogP contribution in [0.15, 0.2) is 4.42 Å². The Bertz CT molecular complexity index is 330. The molecule has 0 aliphatic rings. The zero-order valence-electron chi connectivity index (χ0n) is 10.7. The van der Waals surface area contributed by atoms with E-state index < -0.39 is 0 Å². The number of nitrogens with zero attached hydrogens (tertiary/aromatic N) is 3. The van der Waals surface area contributed by atoms with Gasteiger partial charge >= 0.3 is 0 Å². The standard InChI is InChI=1S/C11H21N3O2/c1-8(7-15)14(5)6-9-12-13-10(16-9)11(2,3)4/h8,15H,6-7H2,1-5H3. The van der Waals surface area contributed by atoms with Gasteiger partial charge in [0.2, 0.25) is 11.8 Å². The molecule has 1 atom stereocenters. The Hall–Kier alpha value is -0.940. The summed E-state index contributed by atoms with van der Waals surface area (Å²) in [7, 11) is 1.92. The van der Waals surface area contributed by atoms with Crippen LogP contribution in [-0.2, 0) is 12.0 Å². The molecule has 1 N–H and O–H groups in total. The van der Waals surface area contributed by atoms with E-state index in [-0.39, 0.29) is 18.1 Å². The van der Waals surface area contributed by atoms with Gasteiger partial charge in [-0.15, -0.1) is 10.2 Å². The highest BCUT2D eigenvalue weighted by Gasteiger charge is 2.22. The summed E-state index contributed by atoms with van der Waals surface area (Å²) in [5, 5.41) is 17.0. The molecule has 1 unspecified atom stereocenters. The van der Waals surface area contributed by atoms with Crippen LogP contribution in [0.3, 0.4) is 0 Å². The minimum Gasteiger partial charge on any atom is -0.423 e. The van der Waals surface area contributed by atoms with E-state index in [4.69, 9.17) is 9.52 Å². The van der Waals surface area contributed by atoms with E-state index in [0.717, 1.165) is 0 Å². The number of likely N-dealkylation sites (N-methyl/N-ethyl adjacent to an activating group) is 1. The van der Waals surface area contributed by atoms with Gasteiger partial charge in [0, 0.05) is 11.5 Å². The van der Waals surface area contributed by atoms with Gasteiger partial charge in [-0.25, -0.2) is 0 Å². The smallest absolute Gasteiger partial charge is 0.230 e. The Morgan fingerprint density at radius 2 is 2.00 bits per heavy atom. The molecule has 0 saturated heterocycles. The van der Waals surface area contributed by atoms with Crippen LogP contribution in [0.25, 0.3) is 0 Å². The van der Waals surface area contributed by atoms with Gasteiger partial charge < -0.3 is 9.52 Å². The van der Waals surface area contributed by atoms with Crippen molar-refractivity contribution in [1.29, 1.82) is 0 Å². The van der Waals surface area contributed by atoms with E-state index in [1.807, 2.05) is 39.6 Å². The van der Waals surface area contributed by atoms with Gasteiger partial charge in [0.15, 0.2) is 0 Å². The molecule has 0 aliphatic carbocycles. The summed E-state index contributed by atoms with van der Waals surface area (Å²) in [6, 6.07) is 0.0880. The van der Waals surface area contributed by atoms with Crippen molar-refractivity contribution in [3.05, 3.63) is 11.8 Å². The van der Waals surface area contributed by atoms with Crippen molar-refractivity contribution in [2.24, 2.45) is 0 Å². The SMILES string of the molecule is CC(CO)N(C)Cc1nnc(C(C)(C)C)o1. The van der Waals surface area contributed by atoms with E-state index in [9.17, 15) is 0 Å². The van der Waals surface area contributed by atoms with Crippen molar-refractivity contribution < 1.29 is 9.52 Å². The number of rotatable bonds is 4. The van der Waals surface area contributed by atoms with Crippen molar-refractivity contribution >= 4 is 0 Å². The fraction of sp³-hybridized carbons (Fsp3) is 0.818. The summed E-state index contributed by atoms with van der Waals surface area (Å²) in [5.41, 5.74) is -0.119. The Labute approximate surface area is 96.5 Å². The normalized spacial score (nSPS) is 14.4. The Kier molecular flexibility index (Phi) is 4.04. The van der Waals surface area contributed by atoms with E-state index in [2.05, 4.69) is 10.2 Å². The predicted molar refractivity (Wildman–Crippen MR) is 61.0 cm³/mol. The highest BCUT2D eigenvalue weighted by Crippen LogP contribution is 2.20. The molecule has 0 radical (unpaired) electrons. The maximum absolute atomic E-state index is 9.01. The zero-order valence-corrected chi connectivity index (χ0v) is 10.7. The summed E-state index contributed by atoms with van der Waals surface area (Å²) >= 11 is 0. The molecule has 0 amide bonds. The molecule has 16 heavy (non-hydrogen) atoms. The van der Waals surface area contributed by atoms with Crippen molar-refractivity contribution in [3.8, 4) is 0 Å². The van der Waals surface area contributed by atoms with Crippen LogP contribution < -0.4 is 0 Å². The second-order valence-corrected chi connectivity index (χ2v) is 5.20. The van der Waals surface area contributed by atoms with Crippen LogP contribution >= 0.6 is 0 Å². The third kappa shape index (κ3) is 3.28. The third-order valence-electron chi connectivity index (χ3n) is 2.51. The van der Waals surface area contributed by atoms with E-state index in [1.165, 1.54) is 0 Å². The monoisotopic (exact) mass is 227 g/mol. The van der Waals surface area contributed by atoms with Gasteiger partial charge in [-0.3, -0.25) is 4.90 Å². The van der Waals surface area contributed by atoms with E-state index in [1.54, 1.807) is 0 Å². The minimum absolute atomic E-state index is 0.0880. The van der Waals surface area contributed by atoms with E-state index in [0.29, 0.717) is 18.3 Å². The number of hydrogen-bond acceptors (Lipinski definition) is 5. The molecule has 0 spiro atoms. The summed E-state index contributed by atoms with van der Waals surface area (Å²) in [6.07, 6.45) is 0. The second-order valence-electron chi connectivity index (χ2n) is 5.20. The number of aliphatic hydroxyl groups excluding tert-OH is 1. The topological polar surface area (TPSA) is 62.4 Å². The van der Waals surface area contributed by atoms with Gasteiger partial charge in [0.05, 0.1) is 13.2 Å². The lowest BCUT2D eigenvalue weighted by molar-refractivity contribution is 0.143. The van der Waals surface area contributed by atoms with Crippen LogP contribution in [0.2, 0.25) is 0 Å². The van der Waals surface area contributed by atoms with Crippen LogP contribution in [0, 0.1) is 0 Å². The van der Waals surface area contributed by atoms with Gasteiger partial charge in [0.25, 0.3) is 0 Å². The highest BCUT2D eigenvalue weighted by atomic mass is 16.4. The molecule has 0 saturated carbocycles. The molecule has 5 heteroatoms. The maximum atomic E-state index is 9.01. The highest BCUT2D eigenvalue weighted by molar-refractivity contribution is 4.96. The lowest BCUT2D eigenvalue weighted by Crippen LogP contribution is -2.31. The Morgan fingerprint density at radius 3 is 2.44 bits per heavy atom. The summed E-state index contributed by atoms with van der Waals surface area (Å²) in [6.45, 7) is 8.72. The summed E-state index contributed by atoms with van der Waals surface area (Å²) < 4.78 is 5.57. The predicted octanol–water partition coefficient (Wildman–Crippen LogP) is 1.18. The molecule has 92 valence electrons. The average molecular weight is 227 g/mol. The first-order chi connectivity index (χ1) is 7.34. The van der Waals surface area contributed by atoms with Crippen LogP contribution in [-0.4, -0.2) is 39.9 Å². The summed E-state index contributed by atoms with van der Waals surface area (Å²) in [4.78, 5) is 1.97. The second kappa shape index (κ2) is 4.93. The average Bonchev–Trinajstić information content (AvgIpc) is 2.64. The van der Waals surface area contributed by atoms with Crippen LogP contribution in [0.1, 0.15) is 39.5 Å².